The molecule has 1 aliphatic heterocycles. The lowest BCUT2D eigenvalue weighted by atomic mass is 10.1. The van der Waals surface area contributed by atoms with Crippen LogP contribution in [0.25, 0.3) is 10.9 Å². The number of carbonyl (C=O) groups is 2. The van der Waals surface area contributed by atoms with Crippen molar-refractivity contribution in [3.63, 3.8) is 0 Å². The summed E-state index contributed by atoms with van der Waals surface area (Å²) in [6.07, 6.45) is 0. The number of methoxy groups -OCH3 is 1. The molecule has 12 heteroatoms. The predicted molar refractivity (Wildman–Crippen MR) is 118 cm³/mol. The van der Waals surface area contributed by atoms with Gasteiger partial charge in [0.25, 0.3) is 5.91 Å². The van der Waals surface area contributed by atoms with Crippen molar-refractivity contribution in [1.82, 2.24) is 9.29 Å². The summed E-state index contributed by atoms with van der Waals surface area (Å²) in [5.41, 5.74) is -0.0590. The Balaban J connectivity index is 1.75. The fraction of sp³-hybridized carbons (Fsp3) is 0.250. The van der Waals surface area contributed by atoms with Crippen molar-refractivity contribution < 1.29 is 27.5 Å². The van der Waals surface area contributed by atoms with E-state index in [0.29, 0.717) is 18.7 Å². The third-order valence-corrected chi connectivity index (χ3v) is 7.69. The minimum Gasteiger partial charge on any atom is -0.465 e. The van der Waals surface area contributed by atoms with Gasteiger partial charge >= 0.3 is 5.97 Å². The van der Waals surface area contributed by atoms with Gasteiger partial charge in [0.05, 0.1) is 36.3 Å². The van der Waals surface area contributed by atoms with Crippen LogP contribution < -0.4 is 10.9 Å². The number of H-pyrrole nitrogens is 1. The molecular formula is C20H19N3O7S2. The van der Waals surface area contributed by atoms with E-state index in [1.165, 1.54) is 35.7 Å². The number of aromatic nitrogens is 1. The molecule has 0 aliphatic carbocycles. The summed E-state index contributed by atoms with van der Waals surface area (Å²) in [6.45, 7) is 1.07. The zero-order chi connectivity index (χ0) is 22.9. The van der Waals surface area contributed by atoms with Gasteiger partial charge in [-0.2, -0.15) is 4.31 Å². The molecule has 0 saturated carbocycles. The molecule has 0 radical (unpaired) electrons. The molecule has 0 unspecified atom stereocenters. The summed E-state index contributed by atoms with van der Waals surface area (Å²) in [5.74, 6) is -1.27. The van der Waals surface area contributed by atoms with Gasteiger partial charge in [0.2, 0.25) is 15.6 Å². The Morgan fingerprint density at radius 3 is 2.62 bits per heavy atom. The molecule has 0 atom stereocenters. The van der Waals surface area contributed by atoms with Gasteiger partial charge in [-0.3, -0.25) is 9.59 Å². The Morgan fingerprint density at radius 2 is 1.91 bits per heavy atom. The van der Waals surface area contributed by atoms with Crippen LogP contribution in [0.2, 0.25) is 0 Å². The average Bonchev–Trinajstić information content (AvgIpc) is 3.26. The zero-order valence-electron chi connectivity index (χ0n) is 16.9. The molecule has 3 aromatic rings. The van der Waals surface area contributed by atoms with Gasteiger partial charge in [-0.05, 0) is 29.6 Å². The van der Waals surface area contributed by atoms with Crippen LogP contribution in [-0.4, -0.2) is 63.0 Å². The Bertz CT molecular complexity index is 1360. The number of hydrogen-bond donors (Lipinski definition) is 2. The summed E-state index contributed by atoms with van der Waals surface area (Å²) < 4.78 is 37.3. The molecule has 1 saturated heterocycles. The lowest BCUT2D eigenvalue weighted by Crippen LogP contribution is -2.40. The molecule has 1 aromatic carbocycles. The van der Waals surface area contributed by atoms with E-state index in [9.17, 15) is 22.8 Å². The Labute approximate surface area is 186 Å². The highest BCUT2D eigenvalue weighted by molar-refractivity contribution is 7.89. The first-order chi connectivity index (χ1) is 15.3. The number of thiophene rings is 1. The Morgan fingerprint density at radius 1 is 1.16 bits per heavy atom. The zero-order valence-corrected chi connectivity index (χ0v) is 18.5. The third-order valence-electron chi connectivity index (χ3n) is 4.96. The highest BCUT2D eigenvalue weighted by atomic mass is 32.2. The van der Waals surface area contributed by atoms with Gasteiger partial charge in [-0.15, -0.1) is 11.3 Å². The number of carbonyl (C=O) groups excluding carboxylic acids is 2. The summed E-state index contributed by atoms with van der Waals surface area (Å²) in [6, 6.07) is 6.80. The van der Waals surface area contributed by atoms with Crippen molar-refractivity contribution in [1.29, 1.82) is 0 Å². The largest absolute Gasteiger partial charge is 0.465 e. The minimum atomic E-state index is -3.81. The van der Waals surface area contributed by atoms with Gasteiger partial charge in [0.15, 0.2) is 0 Å². The number of hydrogen-bond acceptors (Lipinski definition) is 8. The van der Waals surface area contributed by atoms with Gasteiger partial charge in [0.1, 0.15) is 5.00 Å². The summed E-state index contributed by atoms with van der Waals surface area (Å²) in [7, 11) is -2.58. The van der Waals surface area contributed by atoms with E-state index in [-0.39, 0.29) is 39.5 Å². The number of nitrogens with zero attached hydrogens (tertiary/aromatic N) is 1. The van der Waals surface area contributed by atoms with E-state index in [1.54, 1.807) is 5.38 Å². The van der Waals surface area contributed by atoms with Crippen LogP contribution >= 0.6 is 11.3 Å². The first-order valence-corrected chi connectivity index (χ1v) is 11.9. The first-order valence-electron chi connectivity index (χ1n) is 9.53. The maximum absolute atomic E-state index is 13.0. The number of anilines is 1. The highest BCUT2D eigenvalue weighted by Crippen LogP contribution is 2.27. The number of amides is 1. The van der Waals surface area contributed by atoms with E-state index < -0.39 is 27.5 Å². The van der Waals surface area contributed by atoms with Crippen LogP contribution in [0.3, 0.4) is 0 Å². The lowest BCUT2D eigenvalue weighted by Gasteiger charge is -2.26. The Kier molecular flexibility index (Phi) is 6.11. The second kappa shape index (κ2) is 8.82. The standard InChI is InChI=1S/C20H19N3O7S2/c1-29-20(26)13-4-9-31-19(13)22-18(25)15-11-17(24)21-16-3-2-12(10-14(15)16)32(27,28)23-5-7-30-8-6-23/h2-4,9-11H,5-8H2,1H3,(H,21,24)(H,22,25). The number of rotatable bonds is 5. The molecular weight excluding hydrogens is 458 g/mol. The molecule has 168 valence electrons. The van der Waals surface area contributed by atoms with Crippen molar-refractivity contribution in [3.8, 4) is 0 Å². The SMILES string of the molecule is COC(=O)c1ccsc1NC(=O)c1cc(=O)[nH]c2ccc(S(=O)(=O)N3CCOCC3)cc12. The number of nitrogens with one attached hydrogen (secondary N) is 2. The summed E-state index contributed by atoms with van der Waals surface area (Å²) in [5, 5.41) is 4.74. The molecule has 4 rings (SSSR count). The summed E-state index contributed by atoms with van der Waals surface area (Å²) in [4.78, 5) is 39.6. The maximum Gasteiger partial charge on any atom is 0.340 e. The Hall–Kier alpha value is -3.06. The predicted octanol–water partition coefficient (Wildman–Crippen LogP) is 1.65. The van der Waals surface area contributed by atoms with Crippen molar-refractivity contribution >= 4 is 49.1 Å². The topological polar surface area (TPSA) is 135 Å². The number of fused-ring (bicyclic) bond motifs is 1. The molecule has 3 heterocycles. The molecule has 0 spiro atoms. The van der Waals surface area contributed by atoms with Gasteiger partial charge in [-0.1, -0.05) is 0 Å². The second-order valence-electron chi connectivity index (χ2n) is 6.88. The second-order valence-corrected chi connectivity index (χ2v) is 9.73. The minimum absolute atomic E-state index is 0.000581. The maximum atomic E-state index is 13.0. The van der Waals surface area contributed by atoms with Crippen molar-refractivity contribution in [3.05, 3.63) is 57.2 Å². The average molecular weight is 478 g/mol. The highest BCUT2D eigenvalue weighted by Gasteiger charge is 2.27. The fourth-order valence-electron chi connectivity index (χ4n) is 3.36. The number of esters is 1. The van der Waals surface area contributed by atoms with Crippen molar-refractivity contribution in [2.45, 2.75) is 4.90 Å². The summed E-state index contributed by atoms with van der Waals surface area (Å²) >= 11 is 1.12. The normalized spacial score (nSPS) is 14.9. The van der Waals surface area contributed by atoms with Crippen molar-refractivity contribution in [2.24, 2.45) is 0 Å². The smallest absolute Gasteiger partial charge is 0.340 e. The molecule has 2 aromatic heterocycles. The molecule has 0 bridgehead atoms. The first kappa shape index (κ1) is 22.1. The van der Waals surface area contributed by atoms with Crippen LogP contribution in [0.1, 0.15) is 20.7 Å². The van der Waals surface area contributed by atoms with E-state index in [2.05, 4.69) is 10.3 Å². The van der Waals surface area contributed by atoms with Crippen LogP contribution in [0.15, 0.2) is 45.4 Å². The number of pyridine rings is 1. The van der Waals surface area contributed by atoms with Crippen molar-refractivity contribution in [2.75, 3.05) is 38.7 Å². The monoisotopic (exact) mass is 477 g/mol. The number of sulfonamides is 1. The molecule has 32 heavy (non-hydrogen) atoms. The number of aromatic amines is 1. The van der Waals surface area contributed by atoms with Gasteiger partial charge in [-0.25, -0.2) is 13.2 Å². The van der Waals surface area contributed by atoms with Gasteiger partial charge < -0.3 is 19.8 Å². The number of benzene rings is 1. The van der Waals surface area contributed by atoms with E-state index in [4.69, 9.17) is 9.47 Å². The third kappa shape index (κ3) is 4.17. The quantitative estimate of drug-likeness (QED) is 0.534. The van der Waals surface area contributed by atoms with Crippen LogP contribution in [0.4, 0.5) is 5.00 Å². The molecule has 2 N–H and O–H groups in total. The van der Waals surface area contributed by atoms with E-state index in [0.717, 1.165) is 17.4 Å². The van der Waals surface area contributed by atoms with E-state index in [1.807, 2.05) is 0 Å². The lowest BCUT2D eigenvalue weighted by molar-refractivity contribution is 0.0602. The molecule has 10 nitrogen and oxygen atoms in total. The molecule has 1 amide bonds. The van der Waals surface area contributed by atoms with Crippen LogP contribution in [-0.2, 0) is 19.5 Å². The van der Waals surface area contributed by atoms with E-state index >= 15 is 0 Å². The molecule has 1 fully saturated rings. The number of ether oxygens (including phenoxy) is 2. The molecule has 1 aliphatic rings. The van der Waals surface area contributed by atoms with Crippen LogP contribution in [0, 0.1) is 0 Å². The van der Waals surface area contributed by atoms with Crippen LogP contribution in [0.5, 0.6) is 0 Å². The number of morpholine rings is 1. The van der Waals surface area contributed by atoms with Gasteiger partial charge in [0, 0.05) is 30.1 Å². The fourth-order valence-corrected chi connectivity index (χ4v) is 5.57.